The molecule has 1 aromatic carbocycles. The zero-order chi connectivity index (χ0) is 13.0. The average Bonchev–Trinajstić information content (AvgIpc) is 2.81. The normalized spacial score (nSPS) is 10.6. The summed E-state index contributed by atoms with van der Waals surface area (Å²) in [5.41, 5.74) is -0.150. The highest BCUT2D eigenvalue weighted by atomic mass is 32.1. The molecule has 0 radical (unpaired) electrons. The van der Waals surface area contributed by atoms with E-state index in [0.29, 0.717) is 12.7 Å². The molecule has 1 heterocycles. The van der Waals surface area contributed by atoms with Gasteiger partial charge in [0.1, 0.15) is 18.2 Å². The number of ketones is 1. The van der Waals surface area contributed by atoms with Crippen LogP contribution in [0.5, 0.6) is 0 Å². The minimum atomic E-state index is -0.861. The van der Waals surface area contributed by atoms with Gasteiger partial charge in [0.15, 0.2) is 5.78 Å². The number of hydrogen-bond acceptors (Lipinski definition) is 3. The van der Waals surface area contributed by atoms with E-state index in [9.17, 15) is 13.6 Å². The van der Waals surface area contributed by atoms with Crippen molar-refractivity contribution in [3.05, 3.63) is 57.8 Å². The van der Waals surface area contributed by atoms with Gasteiger partial charge in [0.05, 0.1) is 12.2 Å². The predicted molar refractivity (Wildman–Crippen MR) is 64.7 cm³/mol. The number of rotatable bonds is 5. The number of halogens is 2. The summed E-state index contributed by atoms with van der Waals surface area (Å²) in [6, 6.07) is 6.63. The first-order valence-corrected chi connectivity index (χ1v) is 6.13. The molecule has 0 saturated heterocycles. The van der Waals surface area contributed by atoms with E-state index in [1.54, 1.807) is 0 Å². The number of ether oxygens (including phenoxy) is 1. The van der Waals surface area contributed by atoms with Crippen LogP contribution in [0.2, 0.25) is 0 Å². The second-order valence-corrected chi connectivity index (χ2v) is 4.65. The fraction of sp³-hybridized carbons (Fsp3) is 0.154. The maximum absolute atomic E-state index is 13.3. The summed E-state index contributed by atoms with van der Waals surface area (Å²) in [4.78, 5) is 12.6. The third kappa shape index (κ3) is 3.21. The van der Waals surface area contributed by atoms with Gasteiger partial charge < -0.3 is 4.74 Å². The largest absolute Gasteiger partial charge is 0.368 e. The van der Waals surface area contributed by atoms with E-state index in [2.05, 4.69) is 0 Å². The molecule has 2 nitrogen and oxygen atoms in total. The second-order valence-electron chi connectivity index (χ2n) is 3.62. The van der Waals surface area contributed by atoms with E-state index in [1.165, 1.54) is 11.3 Å². The molecule has 1 aromatic heterocycles. The lowest BCUT2D eigenvalue weighted by Gasteiger charge is -2.03. The number of benzene rings is 1. The lowest BCUT2D eigenvalue weighted by atomic mass is 10.1. The fourth-order valence-electron chi connectivity index (χ4n) is 1.43. The Morgan fingerprint density at radius 2 is 2.11 bits per heavy atom. The van der Waals surface area contributed by atoms with E-state index in [0.717, 1.165) is 17.0 Å². The standard InChI is InChI=1S/C13H10F2O2S/c14-9-3-4-11(12(15)6-9)13(16)8-17-7-10-2-1-5-18-10/h1-6H,7-8H2. The predicted octanol–water partition coefficient (Wildman–Crippen LogP) is 3.43. The molecule has 0 amide bonds. The van der Waals surface area contributed by atoms with Gasteiger partial charge in [0.25, 0.3) is 0 Å². The van der Waals surface area contributed by atoms with Gasteiger partial charge in [-0.05, 0) is 23.6 Å². The quantitative estimate of drug-likeness (QED) is 0.777. The maximum atomic E-state index is 13.3. The van der Waals surface area contributed by atoms with Crippen molar-refractivity contribution in [3.8, 4) is 0 Å². The third-order valence-corrected chi connectivity index (χ3v) is 3.14. The molecule has 0 spiro atoms. The van der Waals surface area contributed by atoms with Crippen molar-refractivity contribution >= 4 is 17.1 Å². The van der Waals surface area contributed by atoms with E-state index in [-0.39, 0.29) is 12.2 Å². The van der Waals surface area contributed by atoms with Crippen LogP contribution in [0.3, 0.4) is 0 Å². The van der Waals surface area contributed by atoms with Gasteiger partial charge in [0.2, 0.25) is 0 Å². The Balaban J connectivity index is 1.91. The zero-order valence-electron chi connectivity index (χ0n) is 9.36. The molecular weight excluding hydrogens is 258 g/mol. The van der Waals surface area contributed by atoms with Gasteiger partial charge in [-0.3, -0.25) is 4.79 Å². The van der Waals surface area contributed by atoms with Crippen LogP contribution >= 0.6 is 11.3 Å². The first-order valence-electron chi connectivity index (χ1n) is 5.25. The van der Waals surface area contributed by atoms with Crippen LogP contribution in [0.15, 0.2) is 35.7 Å². The summed E-state index contributed by atoms with van der Waals surface area (Å²) >= 11 is 1.52. The molecule has 0 N–H and O–H groups in total. The Kier molecular flexibility index (Phi) is 4.17. The van der Waals surface area contributed by atoms with Gasteiger partial charge in [-0.2, -0.15) is 0 Å². The third-order valence-electron chi connectivity index (χ3n) is 2.29. The molecule has 2 aromatic rings. The highest BCUT2D eigenvalue weighted by Gasteiger charge is 2.12. The number of Topliss-reactive ketones (excluding diaryl/α,β-unsaturated/α-hetero) is 1. The molecule has 0 saturated carbocycles. The Hall–Kier alpha value is -1.59. The molecule has 0 aliphatic rings. The van der Waals surface area contributed by atoms with Crippen LogP contribution in [0, 0.1) is 11.6 Å². The Morgan fingerprint density at radius 1 is 1.28 bits per heavy atom. The van der Waals surface area contributed by atoms with E-state index < -0.39 is 17.4 Å². The molecule has 0 aliphatic heterocycles. The number of hydrogen-bond donors (Lipinski definition) is 0. The molecule has 0 aliphatic carbocycles. The van der Waals surface area contributed by atoms with Gasteiger partial charge in [-0.1, -0.05) is 6.07 Å². The lowest BCUT2D eigenvalue weighted by Crippen LogP contribution is -2.11. The topological polar surface area (TPSA) is 26.3 Å². The zero-order valence-corrected chi connectivity index (χ0v) is 10.2. The van der Waals surface area contributed by atoms with Crippen molar-refractivity contribution in [2.24, 2.45) is 0 Å². The summed E-state index contributed by atoms with van der Waals surface area (Å²) < 4.78 is 31.1. The van der Waals surface area contributed by atoms with Crippen molar-refractivity contribution in [1.82, 2.24) is 0 Å². The number of carbonyl (C=O) groups is 1. The van der Waals surface area contributed by atoms with E-state index in [4.69, 9.17) is 4.74 Å². The summed E-state index contributed by atoms with van der Waals surface area (Å²) in [5, 5.41) is 1.90. The summed E-state index contributed by atoms with van der Waals surface area (Å²) in [6.07, 6.45) is 0. The van der Waals surface area contributed by atoms with Gasteiger partial charge in [-0.15, -0.1) is 11.3 Å². The minimum absolute atomic E-state index is 0.150. The fourth-order valence-corrected chi connectivity index (χ4v) is 2.07. The summed E-state index contributed by atoms with van der Waals surface area (Å²) in [7, 11) is 0. The van der Waals surface area contributed by atoms with E-state index in [1.807, 2.05) is 17.5 Å². The van der Waals surface area contributed by atoms with Crippen LogP contribution in [-0.2, 0) is 11.3 Å². The van der Waals surface area contributed by atoms with Crippen LogP contribution < -0.4 is 0 Å². The molecule has 2 rings (SSSR count). The molecule has 0 fully saturated rings. The van der Waals surface area contributed by atoms with Crippen LogP contribution in [0.4, 0.5) is 8.78 Å². The monoisotopic (exact) mass is 268 g/mol. The SMILES string of the molecule is O=C(COCc1cccs1)c1ccc(F)cc1F. The van der Waals surface area contributed by atoms with Gasteiger partial charge >= 0.3 is 0 Å². The Labute approximate surface area is 107 Å². The van der Waals surface area contributed by atoms with Gasteiger partial charge in [0, 0.05) is 10.9 Å². The number of carbonyl (C=O) groups excluding carboxylic acids is 1. The number of thiophene rings is 1. The van der Waals surface area contributed by atoms with Crippen LogP contribution in [0.1, 0.15) is 15.2 Å². The highest BCUT2D eigenvalue weighted by molar-refractivity contribution is 7.09. The first-order chi connectivity index (χ1) is 8.66. The molecule has 0 bridgehead atoms. The Morgan fingerprint density at radius 3 is 2.78 bits per heavy atom. The summed E-state index contributed by atoms with van der Waals surface area (Å²) in [5.74, 6) is -2.06. The smallest absolute Gasteiger partial charge is 0.191 e. The molecule has 0 unspecified atom stereocenters. The Bertz CT molecular complexity index is 538. The van der Waals surface area contributed by atoms with Crippen molar-refractivity contribution in [1.29, 1.82) is 0 Å². The second kappa shape index (κ2) is 5.84. The van der Waals surface area contributed by atoms with Crippen molar-refractivity contribution < 1.29 is 18.3 Å². The van der Waals surface area contributed by atoms with E-state index >= 15 is 0 Å². The van der Waals surface area contributed by atoms with Crippen molar-refractivity contribution in [2.45, 2.75) is 6.61 Å². The minimum Gasteiger partial charge on any atom is -0.368 e. The van der Waals surface area contributed by atoms with Crippen molar-refractivity contribution in [3.63, 3.8) is 0 Å². The molecule has 5 heteroatoms. The lowest BCUT2D eigenvalue weighted by molar-refractivity contribution is 0.0727. The summed E-state index contributed by atoms with van der Waals surface area (Å²) in [6.45, 7) is 0.0900. The average molecular weight is 268 g/mol. The highest BCUT2D eigenvalue weighted by Crippen LogP contribution is 2.12. The van der Waals surface area contributed by atoms with Crippen LogP contribution in [-0.4, -0.2) is 12.4 Å². The van der Waals surface area contributed by atoms with Crippen LogP contribution in [0.25, 0.3) is 0 Å². The maximum Gasteiger partial charge on any atom is 0.191 e. The van der Waals surface area contributed by atoms with Crippen molar-refractivity contribution in [2.75, 3.05) is 6.61 Å². The van der Waals surface area contributed by atoms with Gasteiger partial charge in [-0.25, -0.2) is 8.78 Å². The molecule has 0 atom stereocenters. The molecule has 94 valence electrons. The molecule has 18 heavy (non-hydrogen) atoms. The first kappa shape index (κ1) is 12.9. The molecular formula is C13H10F2O2S.